The number of aliphatic hydroxyl groups is 1. The van der Waals surface area contributed by atoms with Crippen LogP contribution in [-0.2, 0) is 9.59 Å². The molecule has 0 saturated heterocycles. The van der Waals surface area contributed by atoms with Crippen LogP contribution >= 0.6 is 0 Å². The number of amides is 2. The zero-order valence-electron chi connectivity index (χ0n) is 14.6. The number of carbonyl (C=O) groups excluding carboxylic acids is 2. The predicted molar refractivity (Wildman–Crippen MR) is 98.4 cm³/mol. The van der Waals surface area contributed by atoms with Gasteiger partial charge in [0.05, 0.1) is 0 Å². The zero-order chi connectivity index (χ0) is 18.2. The maximum absolute atomic E-state index is 12.1. The maximum atomic E-state index is 12.1. The van der Waals surface area contributed by atoms with E-state index in [4.69, 9.17) is 0 Å². The summed E-state index contributed by atoms with van der Waals surface area (Å²) in [5.74, 6) is -1.41. The first-order valence-corrected chi connectivity index (χ1v) is 8.34. The molecule has 0 aromatic heterocycles. The Kier molecular flexibility index (Phi) is 6.71. The van der Waals surface area contributed by atoms with E-state index in [0.29, 0.717) is 18.7 Å². The minimum atomic E-state index is -0.690. The molecule has 25 heavy (non-hydrogen) atoms. The summed E-state index contributed by atoms with van der Waals surface area (Å²) in [6.45, 7) is 4.16. The van der Waals surface area contributed by atoms with Crippen LogP contribution in [0.1, 0.15) is 29.0 Å². The lowest BCUT2D eigenvalue weighted by Crippen LogP contribution is -2.38. The molecule has 3 N–H and O–H groups in total. The van der Waals surface area contributed by atoms with Crippen molar-refractivity contribution in [2.75, 3.05) is 18.5 Å². The highest BCUT2D eigenvalue weighted by molar-refractivity contribution is 6.39. The van der Waals surface area contributed by atoms with Gasteiger partial charge in [-0.1, -0.05) is 42.5 Å². The Hall–Kier alpha value is -2.66. The fourth-order valence-electron chi connectivity index (χ4n) is 2.63. The Morgan fingerprint density at radius 3 is 2.40 bits per heavy atom. The van der Waals surface area contributed by atoms with Crippen molar-refractivity contribution in [2.24, 2.45) is 0 Å². The van der Waals surface area contributed by atoms with Crippen molar-refractivity contribution in [1.29, 1.82) is 0 Å². The summed E-state index contributed by atoms with van der Waals surface area (Å²) in [7, 11) is 0. The van der Waals surface area contributed by atoms with Gasteiger partial charge in [-0.25, -0.2) is 0 Å². The first kappa shape index (κ1) is 18.7. The SMILES string of the molecule is Cc1cccc(NC(=O)C(=O)NCC(CCO)c2ccccc2)c1C. The number of aryl methyl sites for hydroxylation is 1. The van der Waals surface area contributed by atoms with E-state index < -0.39 is 11.8 Å². The van der Waals surface area contributed by atoms with Crippen molar-refractivity contribution in [2.45, 2.75) is 26.2 Å². The molecule has 0 spiro atoms. The van der Waals surface area contributed by atoms with Gasteiger partial charge in [0.1, 0.15) is 0 Å². The van der Waals surface area contributed by atoms with Crippen LogP contribution in [0, 0.1) is 13.8 Å². The summed E-state index contributed by atoms with van der Waals surface area (Å²) in [5, 5.41) is 14.5. The number of benzene rings is 2. The van der Waals surface area contributed by atoms with Crippen molar-refractivity contribution in [3.05, 3.63) is 65.2 Å². The number of anilines is 1. The van der Waals surface area contributed by atoms with E-state index in [-0.39, 0.29) is 12.5 Å². The second-order valence-corrected chi connectivity index (χ2v) is 6.03. The van der Waals surface area contributed by atoms with E-state index in [2.05, 4.69) is 10.6 Å². The van der Waals surface area contributed by atoms with Gasteiger partial charge in [0.15, 0.2) is 0 Å². The first-order chi connectivity index (χ1) is 12.0. The molecule has 0 saturated carbocycles. The Morgan fingerprint density at radius 2 is 1.72 bits per heavy atom. The molecule has 0 aliphatic carbocycles. The van der Waals surface area contributed by atoms with E-state index in [1.165, 1.54) is 0 Å². The molecule has 2 aromatic carbocycles. The number of rotatable bonds is 6. The fourth-order valence-corrected chi connectivity index (χ4v) is 2.63. The molecule has 132 valence electrons. The van der Waals surface area contributed by atoms with Crippen molar-refractivity contribution in [3.63, 3.8) is 0 Å². The van der Waals surface area contributed by atoms with Gasteiger partial charge in [-0.3, -0.25) is 9.59 Å². The highest BCUT2D eigenvalue weighted by Crippen LogP contribution is 2.19. The monoisotopic (exact) mass is 340 g/mol. The van der Waals surface area contributed by atoms with Gasteiger partial charge in [0, 0.05) is 24.8 Å². The largest absolute Gasteiger partial charge is 0.396 e. The summed E-state index contributed by atoms with van der Waals surface area (Å²) in [6.07, 6.45) is 0.517. The van der Waals surface area contributed by atoms with Gasteiger partial charge >= 0.3 is 11.8 Å². The molecule has 0 aliphatic rings. The summed E-state index contributed by atoms with van der Waals surface area (Å²) >= 11 is 0. The average Bonchev–Trinajstić information content (AvgIpc) is 2.63. The molecule has 2 amide bonds. The number of hydrogen-bond donors (Lipinski definition) is 3. The van der Waals surface area contributed by atoms with Crippen molar-refractivity contribution >= 4 is 17.5 Å². The molecule has 0 bridgehead atoms. The number of nitrogens with one attached hydrogen (secondary N) is 2. The first-order valence-electron chi connectivity index (χ1n) is 8.34. The van der Waals surface area contributed by atoms with Crippen LogP contribution in [0.5, 0.6) is 0 Å². The maximum Gasteiger partial charge on any atom is 0.313 e. The number of aliphatic hydroxyl groups excluding tert-OH is 1. The molecule has 2 rings (SSSR count). The highest BCUT2D eigenvalue weighted by Gasteiger charge is 2.18. The minimum Gasteiger partial charge on any atom is -0.396 e. The average molecular weight is 340 g/mol. The Morgan fingerprint density at radius 1 is 1.00 bits per heavy atom. The fraction of sp³-hybridized carbons (Fsp3) is 0.300. The summed E-state index contributed by atoms with van der Waals surface area (Å²) in [4.78, 5) is 24.2. The van der Waals surface area contributed by atoms with Crippen LogP contribution < -0.4 is 10.6 Å². The third-order valence-corrected chi connectivity index (χ3v) is 4.32. The van der Waals surface area contributed by atoms with Crippen LogP contribution in [-0.4, -0.2) is 30.1 Å². The van der Waals surface area contributed by atoms with Crippen LogP contribution in [0.2, 0.25) is 0 Å². The van der Waals surface area contributed by atoms with Crippen LogP contribution in [0.4, 0.5) is 5.69 Å². The Bertz CT molecular complexity index is 729. The Balaban J connectivity index is 1.96. The van der Waals surface area contributed by atoms with Crippen molar-refractivity contribution in [1.82, 2.24) is 5.32 Å². The van der Waals surface area contributed by atoms with E-state index >= 15 is 0 Å². The molecule has 5 heteroatoms. The highest BCUT2D eigenvalue weighted by atomic mass is 16.3. The molecule has 1 atom stereocenters. The van der Waals surface area contributed by atoms with Gasteiger partial charge in [-0.15, -0.1) is 0 Å². The molecule has 5 nitrogen and oxygen atoms in total. The summed E-state index contributed by atoms with van der Waals surface area (Å²) in [6, 6.07) is 15.2. The zero-order valence-corrected chi connectivity index (χ0v) is 14.6. The predicted octanol–water partition coefficient (Wildman–Crippen LogP) is 2.52. The lowest BCUT2D eigenvalue weighted by Gasteiger charge is -2.17. The van der Waals surface area contributed by atoms with Gasteiger partial charge in [0.25, 0.3) is 0 Å². The molecule has 0 radical (unpaired) electrons. The van der Waals surface area contributed by atoms with Crippen LogP contribution in [0.25, 0.3) is 0 Å². The smallest absolute Gasteiger partial charge is 0.313 e. The second kappa shape index (κ2) is 8.99. The van der Waals surface area contributed by atoms with E-state index in [1.807, 2.05) is 56.3 Å². The van der Waals surface area contributed by atoms with Crippen LogP contribution in [0.15, 0.2) is 48.5 Å². The third kappa shape index (κ3) is 5.16. The van der Waals surface area contributed by atoms with Crippen molar-refractivity contribution < 1.29 is 14.7 Å². The summed E-state index contributed by atoms with van der Waals surface area (Å²) in [5.41, 5.74) is 3.64. The van der Waals surface area contributed by atoms with Gasteiger partial charge in [-0.2, -0.15) is 0 Å². The van der Waals surface area contributed by atoms with E-state index in [9.17, 15) is 14.7 Å². The molecular formula is C20H24N2O3. The van der Waals surface area contributed by atoms with Crippen LogP contribution in [0.3, 0.4) is 0 Å². The topological polar surface area (TPSA) is 78.4 Å². The Labute approximate surface area is 148 Å². The lowest BCUT2D eigenvalue weighted by atomic mass is 9.96. The lowest BCUT2D eigenvalue weighted by molar-refractivity contribution is -0.136. The third-order valence-electron chi connectivity index (χ3n) is 4.32. The molecule has 2 aromatic rings. The molecular weight excluding hydrogens is 316 g/mol. The molecule has 1 unspecified atom stereocenters. The standard InChI is InChI=1S/C20H24N2O3/c1-14-7-6-10-18(15(14)2)22-20(25)19(24)21-13-17(11-12-23)16-8-4-3-5-9-16/h3-10,17,23H,11-13H2,1-2H3,(H,21,24)(H,22,25). The van der Waals surface area contributed by atoms with Gasteiger partial charge < -0.3 is 15.7 Å². The second-order valence-electron chi connectivity index (χ2n) is 6.03. The van der Waals surface area contributed by atoms with Gasteiger partial charge in [-0.05, 0) is 43.0 Å². The number of carbonyl (C=O) groups is 2. The number of hydrogen-bond acceptors (Lipinski definition) is 3. The molecule has 0 fully saturated rings. The molecule has 0 heterocycles. The van der Waals surface area contributed by atoms with Crippen molar-refractivity contribution in [3.8, 4) is 0 Å². The van der Waals surface area contributed by atoms with E-state index in [1.54, 1.807) is 6.07 Å². The molecule has 0 aliphatic heterocycles. The normalized spacial score (nSPS) is 11.6. The quantitative estimate of drug-likeness (QED) is 0.707. The summed E-state index contributed by atoms with van der Waals surface area (Å²) < 4.78 is 0. The minimum absolute atomic E-state index is 0.0180. The van der Waals surface area contributed by atoms with Gasteiger partial charge in [0.2, 0.25) is 0 Å². The van der Waals surface area contributed by atoms with E-state index in [0.717, 1.165) is 16.7 Å².